The first-order chi connectivity index (χ1) is 6.68. The van der Waals surface area contributed by atoms with Crippen molar-refractivity contribution in [3.05, 3.63) is 17.5 Å². The molecule has 1 aliphatic rings. The summed E-state index contributed by atoms with van der Waals surface area (Å²) in [6, 6.07) is 3.47. The van der Waals surface area contributed by atoms with Crippen LogP contribution in [-0.4, -0.2) is 27.3 Å². The van der Waals surface area contributed by atoms with Crippen molar-refractivity contribution in [3.63, 3.8) is 0 Å². The van der Waals surface area contributed by atoms with Crippen molar-refractivity contribution in [3.8, 4) is 0 Å². The minimum absolute atomic E-state index is 0.292. The topological polar surface area (TPSA) is 46.2 Å². The van der Waals surface area contributed by atoms with Gasteiger partial charge in [-0.05, 0) is 36.9 Å². The number of hydrogen-bond donors (Lipinski definition) is 1. The second-order valence-electron chi connectivity index (χ2n) is 3.57. The highest BCUT2D eigenvalue weighted by atomic mass is 32.2. The van der Waals surface area contributed by atoms with Gasteiger partial charge in [0.25, 0.3) is 0 Å². The quantitative estimate of drug-likeness (QED) is 0.848. The van der Waals surface area contributed by atoms with E-state index in [1.807, 2.05) is 0 Å². The second kappa shape index (κ2) is 4.00. The summed E-state index contributed by atoms with van der Waals surface area (Å²) in [6.45, 7) is 1.79. The zero-order chi connectivity index (χ0) is 10.0. The summed E-state index contributed by atoms with van der Waals surface area (Å²) in [5.74, 6) is 0.586. The summed E-state index contributed by atoms with van der Waals surface area (Å²) in [5, 5.41) is 4.98. The Morgan fingerprint density at radius 2 is 2.43 bits per heavy atom. The van der Waals surface area contributed by atoms with Crippen LogP contribution in [0.5, 0.6) is 0 Å². The molecule has 0 amide bonds. The van der Waals surface area contributed by atoms with Gasteiger partial charge in [-0.3, -0.25) is 0 Å². The number of thiophene rings is 1. The zero-order valence-electron chi connectivity index (χ0n) is 7.77. The fraction of sp³-hybridized carbons (Fsp3) is 0.556. The van der Waals surface area contributed by atoms with Crippen molar-refractivity contribution in [2.75, 3.05) is 18.8 Å². The predicted octanol–water partition coefficient (Wildman–Crippen LogP) is 1.13. The maximum absolute atomic E-state index is 11.8. The van der Waals surface area contributed by atoms with Gasteiger partial charge in [-0.2, -0.15) is 0 Å². The van der Waals surface area contributed by atoms with E-state index >= 15 is 0 Å². The van der Waals surface area contributed by atoms with Crippen molar-refractivity contribution in [1.82, 2.24) is 5.32 Å². The van der Waals surface area contributed by atoms with Gasteiger partial charge < -0.3 is 5.32 Å². The van der Waals surface area contributed by atoms with Crippen LogP contribution < -0.4 is 5.32 Å². The summed E-state index contributed by atoms with van der Waals surface area (Å²) in [5.41, 5.74) is 0. The highest BCUT2D eigenvalue weighted by molar-refractivity contribution is 7.93. The van der Waals surface area contributed by atoms with Gasteiger partial charge in [0, 0.05) is 0 Å². The summed E-state index contributed by atoms with van der Waals surface area (Å²) in [6.07, 6.45) is 0.977. The lowest BCUT2D eigenvalue weighted by molar-refractivity contribution is 0.572. The first kappa shape index (κ1) is 10.1. The number of hydrogen-bond acceptors (Lipinski definition) is 4. The van der Waals surface area contributed by atoms with Crippen LogP contribution in [0.1, 0.15) is 6.42 Å². The molecular formula is C9H13NO2S2. The van der Waals surface area contributed by atoms with Crippen LogP contribution in [-0.2, 0) is 9.84 Å². The molecule has 14 heavy (non-hydrogen) atoms. The van der Waals surface area contributed by atoms with Crippen LogP contribution in [0.25, 0.3) is 0 Å². The molecule has 0 spiro atoms. The van der Waals surface area contributed by atoms with E-state index in [1.54, 1.807) is 17.5 Å². The molecule has 0 radical (unpaired) electrons. The van der Waals surface area contributed by atoms with Crippen molar-refractivity contribution in [2.45, 2.75) is 10.6 Å². The minimum atomic E-state index is -3.02. The molecule has 1 unspecified atom stereocenters. The molecule has 1 N–H and O–H groups in total. The molecule has 0 aliphatic carbocycles. The molecule has 2 heterocycles. The minimum Gasteiger partial charge on any atom is -0.316 e. The Morgan fingerprint density at radius 3 is 3.00 bits per heavy atom. The van der Waals surface area contributed by atoms with E-state index in [9.17, 15) is 8.42 Å². The average molecular weight is 231 g/mol. The fourth-order valence-electron chi connectivity index (χ4n) is 1.69. The Bertz CT molecular complexity index is 377. The Labute approximate surface area is 88.1 Å². The van der Waals surface area contributed by atoms with E-state index < -0.39 is 9.84 Å². The molecule has 5 heteroatoms. The third-order valence-corrected chi connectivity index (χ3v) is 5.79. The molecule has 2 rings (SSSR count). The number of nitrogens with one attached hydrogen (secondary N) is 1. The summed E-state index contributed by atoms with van der Waals surface area (Å²) in [4.78, 5) is 0. The Morgan fingerprint density at radius 1 is 1.57 bits per heavy atom. The molecule has 0 aromatic carbocycles. The largest absolute Gasteiger partial charge is 0.316 e. The van der Waals surface area contributed by atoms with Crippen LogP contribution in [0.15, 0.2) is 21.7 Å². The molecule has 1 atom stereocenters. The standard InChI is InChI=1S/C9H13NO2S2/c11-14(12,9-2-1-5-13-9)7-8-3-4-10-6-8/h1-2,5,8,10H,3-4,6-7H2. The van der Waals surface area contributed by atoms with Gasteiger partial charge in [0.2, 0.25) is 0 Å². The van der Waals surface area contributed by atoms with Crippen LogP contribution in [0.3, 0.4) is 0 Å². The van der Waals surface area contributed by atoms with Crippen LogP contribution in [0.4, 0.5) is 0 Å². The molecule has 0 saturated carbocycles. The van der Waals surface area contributed by atoms with Crippen molar-refractivity contribution >= 4 is 21.2 Å². The molecule has 1 aromatic heterocycles. The van der Waals surface area contributed by atoms with Gasteiger partial charge in [-0.1, -0.05) is 6.07 Å². The van der Waals surface area contributed by atoms with Crippen molar-refractivity contribution in [1.29, 1.82) is 0 Å². The molecule has 3 nitrogen and oxygen atoms in total. The lowest BCUT2D eigenvalue weighted by atomic mass is 10.2. The van der Waals surface area contributed by atoms with E-state index in [0.29, 0.717) is 15.9 Å². The van der Waals surface area contributed by atoms with Crippen molar-refractivity contribution < 1.29 is 8.42 Å². The van der Waals surface area contributed by atoms with Crippen molar-refractivity contribution in [2.24, 2.45) is 5.92 Å². The number of sulfone groups is 1. The SMILES string of the molecule is O=S(=O)(CC1CCNC1)c1cccs1. The van der Waals surface area contributed by atoms with Gasteiger partial charge in [0.05, 0.1) is 5.75 Å². The monoisotopic (exact) mass is 231 g/mol. The molecule has 1 fully saturated rings. The zero-order valence-corrected chi connectivity index (χ0v) is 9.40. The van der Waals surface area contributed by atoms with Gasteiger partial charge in [0.15, 0.2) is 9.84 Å². The van der Waals surface area contributed by atoms with Gasteiger partial charge in [0.1, 0.15) is 4.21 Å². The van der Waals surface area contributed by atoms with E-state index in [0.717, 1.165) is 19.5 Å². The Hall–Kier alpha value is -0.390. The summed E-state index contributed by atoms with van der Waals surface area (Å²) < 4.78 is 24.2. The predicted molar refractivity (Wildman–Crippen MR) is 57.3 cm³/mol. The fourth-order valence-corrected chi connectivity index (χ4v) is 4.45. The van der Waals surface area contributed by atoms with Crippen LogP contribution >= 0.6 is 11.3 Å². The highest BCUT2D eigenvalue weighted by Crippen LogP contribution is 2.21. The summed E-state index contributed by atoms with van der Waals surface area (Å²) >= 11 is 1.30. The van der Waals surface area contributed by atoms with Gasteiger partial charge in [-0.25, -0.2) is 8.42 Å². The molecular weight excluding hydrogens is 218 g/mol. The Kier molecular flexibility index (Phi) is 2.90. The smallest absolute Gasteiger partial charge is 0.188 e. The molecule has 78 valence electrons. The second-order valence-corrected chi connectivity index (χ2v) is 6.78. The van der Waals surface area contributed by atoms with Gasteiger partial charge in [-0.15, -0.1) is 11.3 Å². The normalized spacial score (nSPS) is 22.7. The molecule has 1 aliphatic heterocycles. The van der Waals surface area contributed by atoms with Crippen LogP contribution in [0, 0.1) is 5.92 Å². The third-order valence-electron chi connectivity index (χ3n) is 2.42. The summed E-state index contributed by atoms with van der Waals surface area (Å²) in [7, 11) is -3.02. The number of rotatable bonds is 3. The van der Waals surface area contributed by atoms with E-state index in [2.05, 4.69) is 5.32 Å². The molecule has 0 bridgehead atoms. The maximum Gasteiger partial charge on any atom is 0.188 e. The first-order valence-corrected chi connectivity index (χ1v) is 7.19. The maximum atomic E-state index is 11.8. The highest BCUT2D eigenvalue weighted by Gasteiger charge is 2.24. The van der Waals surface area contributed by atoms with E-state index in [4.69, 9.17) is 0 Å². The first-order valence-electron chi connectivity index (χ1n) is 4.65. The van der Waals surface area contributed by atoms with Crippen LogP contribution in [0.2, 0.25) is 0 Å². The average Bonchev–Trinajstić information content (AvgIpc) is 2.71. The lowest BCUT2D eigenvalue weighted by Crippen LogP contribution is -2.18. The van der Waals surface area contributed by atoms with E-state index in [-0.39, 0.29) is 0 Å². The lowest BCUT2D eigenvalue weighted by Gasteiger charge is -2.07. The molecule has 1 saturated heterocycles. The van der Waals surface area contributed by atoms with Gasteiger partial charge >= 0.3 is 0 Å². The molecule has 1 aromatic rings. The van der Waals surface area contributed by atoms with E-state index in [1.165, 1.54) is 11.3 Å². The Balaban J connectivity index is 2.09. The third kappa shape index (κ3) is 2.16.